The van der Waals surface area contributed by atoms with Gasteiger partial charge in [-0.25, -0.2) is 4.99 Å². The van der Waals surface area contributed by atoms with Crippen molar-refractivity contribution in [2.45, 2.75) is 59.3 Å². The fourth-order valence-corrected chi connectivity index (χ4v) is 2.33. The molecule has 0 aromatic heterocycles. The number of aliphatic hydroxyl groups excluding tert-OH is 1. The predicted molar refractivity (Wildman–Crippen MR) is 124 cm³/mol. The van der Waals surface area contributed by atoms with Crippen LogP contribution in [0.15, 0.2) is 29.3 Å². The molecule has 0 fully saturated rings. The first-order chi connectivity index (χ1) is 12.6. The summed E-state index contributed by atoms with van der Waals surface area (Å²) >= 11 is 0. The van der Waals surface area contributed by atoms with Gasteiger partial charge >= 0.3 is 0 Å². The Labute approximate surface area is 185 Å². The molecule has 0 heterocycles. The predicted octanol–water partition coefficient (Wildman–Crippen LogP) is 2.60. The summed E-state index contributed by atoms with van der Waals surface area (Å²) in [6, 6.07) is 7.39. The highest BCUT2D eigenvalue weighted by Crippen LogP contribution is 2.19. The number of guanidine groups is 1. The molecule has 0 saturated heterocycles. The van der Waals surface area contributed by atoms with E-state index in [1.54, 1.807) is 0 Å². The van der Waals surface area contributed by atoms with Gasteiger partial charge < -0.3 is 25.8 Å². The van der Waals surface area contributed by atoms with Gasteiger partial charge in [0.25, 0.3) is 0 Å². The molecule has 4 N–H and O–H groups in total. The standard InChI is InChI=1S/C20H34N4O3.HI/c1-7-21-19(23-13-18(26)24-20(4,5)6)22-12-17(25)15-9-8-10-16(11-15)27-14(2)3;/h8-11,14,17,25H,7,12-13H2,1-6H3,(H,24,26)(H2,21,22,23);1H. The molecule has 0 saturated carbocycles. The van der Waals surface area contributed by atoms with E-state index in [4.69, 9.17) is 4.74 Å². The lowest BCUT2D eigenvalue weighted by Crippen LogP contribution is -2.43. The van der Waals surface area contributed by atoms with Crippen molar-refractivity contribution >= 4 is 35.8 Å². The van der Waals surface area contributed by atoms with E-state index in [1.165, 1.54) is 0 Å². The summed E-state index contributed by atoms with van der Waals surface area (Å²) in [5, 5.41) is 19.4. The molecule has 1 aromatic rings. The molecule has 8 heteroatoms. The van der Waals surface area contributed by atoms with E-state index in [2.05, 4.69) is 20.9 Å². The van der Waals surface area contributed by atoms with Crippen LogP contribution in [0, 0.1) is 0 Å². The summed E-state index contributed by atoms with van der Waals surface area (Å²) < 4.78 is 5.66. The first kappa shape index (κ1) is 26.4. The van der Waals surface area contributed by atoms with Gasteiger partial charge in [0.05, 0.1) is 12.2 Å². The monoisotopic (exact) mass is 506 g/mol. The van der Waals surface area contributed by atoms with Gasteiger partial charge in [0.2, 0.25) is 5.91 Å². The minimum Gasteiger partial charge on any atom is -0.491 e. The average Bonchev–Trinajstić information content (AvgIpc) is 2.55. The van der Waals surface area contributed by atoms with E-state index in [9.17, 15) is 9.90 Å². The van der Waals surface area contributed by atoms with Crippen LogP contribution in [-0.2, 0) is 4.79 Å². The first-order valence-electron chi connectivity index (χ1n) is 9.38. The third-order valence-electron chi connectivity index (χ3n) is 3.32. The second-order valence-corrected chi connectivity index (χ2v) is 7.63. The summed E-state index contributed by atoms with van der Waals surface area (Å²) in [7, 11) is 0. The van der Waals surface area contributed by atoms with Gasteiger partial charge in [-0.3, -0.25) is 4.79 Å². The number of hydrogen-bond acceptors (Lipinski definition) is 4. The summed E-state index contributed by atoms with van der Waals surface area (Å²) in [4.78, 5) is 16.2. The first-order valence-corrected chi connectivity index (χ1v) is 9.38. The van der Waals surface area contributed by atoms with E-state index in [0.29, 0.717) is 12.5 Å². The Balaban J connectivity index is 0.00000729. The van der Waals surface area contributed by atoms with Crippen molar-refractivity contribution in [3.8, 4) is 5.75 Å². The van der Waals surface area contributed by atoms with Crippen molar-refractivity contribution in [1.82, 2.24) is 16.0 Å². The number of nitrogens with zero attached hydrogens (tertiary/aromatic N) is 1. The largest absolute Gasteiger partial charge is 0.491 e. The lowest BCUT2D eigenvalue weighted by atomic mass is 10.1. The maximum atomic E-state index is 11.9. The van der Waals surface area contributed by atoms with Crippen LogP contribution in [0.4, 0.5) is 0 Å². The highest BCUT2D eigenvalue weighted by Gasteiger charge is 2.14. The SMILES string of the molecule is CCNC(=NCC(=O)NC(C)(C)C)NCC(O)c1cccc(OC(C)C)c1.I. The van der Waals surface area contributed by atoms with Gasteiger partial charge in [-0.05, 0) is 59.2 Å². The zero-order valence-electron chi connectivity index (χ0n) is 17.7. The summed E-state index contributed by atoms with van der Waals surface area (Å²) in [6.07, 6.45) is -0.657. The lowest BCUT2D eigenvalue weighted by Gasteiger charge is -2.20. The molecule has 1 unspecified atom stereocenters. The van der Waals surface area contributed by atoms with E-state index in [1.807, 2.05) is 65.8 Å². The molecule has 7 nitrogen and oxygen atoms in total. The third kappa shape index (κ3) is 11.3. The fourth-order valence-electron chi connectivity index (χ4n) is 2.33. The van der Waals surface area contributed by atoms with Gasteiger partial charge in [-0.15, -0.1) is 24.0 Å². The Morgan fingerprint density at radius 1 is 1.25 bits per heavy atom. The molecule has 28 heavy (non-hydrogen) atoms. The quantitative estimate of drug-likeness (QED) is 0.247. The molecule has 1 atom stereocenters. The highest BCUT2D eigenvalue weighted by molar-refractivity contribution is 14.0. The molecule has 0 spiro atoms. The number of carbonyl (C=O) groups excluding carboxylic acids is 1. The summed E-state index contributed by atoms with van der Waals surface area (Å²) in [5.74, 6) is 1.05. The number of aliphatic hydroxyl groups is 1. The van der Waals surface area contributed by atoms with Gasteiger partial charge in [-0.1, -0.05) is 12.1 Å². The lowest BCUT2D eigenvalue weighted by molar-refractivity contribution is -0.121. The van der Waals surface area contributed by atoms with E-state index < -0.39 is 6.10 Å². The number of aliphatic imine (C=N–C) groups is 1. The number of ether oxygens (including phenoxy) is 1. The molecule has 0 radical (unpaired) electrons. The number of nitrogens with one attached hydrogen (secondary N) is 3. The number of halogens is 1. The van der Waals surface area contributed by atoms with Gasteiger partial charge in [-0.2, -0.15) is 0 Å². The van der Waals surface area contributed by atoms with Gasteiger partial charge in [0, 0.05) is 18.6 Å². The Morgan fingerprint density at radius 2 is 1.93 bits per heavy atom. The molecule has 1 aromatic carbocycles. The maximum absolute atomic E-state index is 11.9. The van der Waals surface area contributed by atoms with E-state index in [0.717, 1.165) is 11.3 Å². The second kappa shape index (κ2) is 12.8. The average molecular weight is 506 g/mol. The van der Waals surface area contributed by atoms with Crippen molar-refractivity contribution in [2.75, 3.05) is 19.6 Å². The van der Waals surface area contributed by atoms with Crippen molar-refractivity contribution in [1.29, 1.82) is 0 Å². The molecule has 0 bridgehead atoms. The second-order valence-electron chi connectivity index (χ2n) is 7.63. The van der Waals surface area contributed by atoms with Crippen LogP contribution in [-0.4, -0.2) is 48.3 Å². The number of benzene rings is 1. The minimum atomic E-state index is -0.729. The van der Waals surface area contributed by atoms with Crippen LogP contribution in [0.1, 0.15) is 53.2 Å². The topological polar surface area (TPSA) is 95.0 Å². The van der Waals surface area contributed by atoms with Crippen molar-refractivity contribution < 1.29 is 14.6 Å². The zero-order chi connectivity index (χ0) is 20.4. The van der Waals surface area contributed by atoms with Crippen molar-refractivity contribution in [2.24, 2.45) is 4.99 Å². The Kier molecular flexibility index (Phi) is 12.1. The third-order valence-corrected chi connectivity index (χ3v) is 3.32. The zero-order valence-corrected chi connectivity index (χ0v) is 20.0. The minimum absolute atomic E-state index is 0. The number of amides is 1. The molecule has 1 amide bonds. The molecule has 0 aliphatic heterocycles. The molecule has 160 valence electrons. The van der Waals surface area contributed by atoms with Crippen LogP contribution >= 0.6 is 24.0 Å². The molecule has 1 rings (SSSR count). The van der Waals surface area contributed by atoms with Crippen LogP contribution in [0.3, 0.4) is 0 Å². The maximum Gasteiger partial charge on any atom is 0.242 e. The number of carbonyl (C=O) groups is 1. The van der Waals surface area contributed by atoms with Gasteiger partial charge in [0.15, 0.2) is 5.96 Å². The van der Waals surface area contributed by atoms with E-state index in [-0.39, 0.29) is 54.6 Å². The molecule has 0 aliphatic rings. The molecule has 0 aliphatic carbocycles. The Morgan fingerprint density at radius 3 is 2.50 bits per heavy atom. The van der Waals surface area contributed by atoms with Gasteiger partial charge in [0.1, 0.15) is 12.3 Å². The van der Waals surface area contributed by atoms with Crippen molar-refractivity contribution in [3.05, 3.63) is 29.8 Å². The summed E-state index contributed by atoms with van der Waals surface area (Å²) in [6.45, 7) is 12.6. The summed E-state index contributed by atoms with van der Waals surface area (Å²) in [5.41, 5.74) is 0.458. The number of rotatable bonds is 8. The fraction of sp³-hybridized carbons (Fsp3) is 0.600. The van der Waals surface area contributed by atoms with Crippen molar-refractivity contribution in [3.63, 3.8) is 0 Å². The van der Waals surface area contributed by atoms with Crippen LogP contribution in [0.25, 0.3) is 0 Å². The Hall–Kier alpha value is -1.55. The normalized spacial score (nSPS) is 12.8. The van der Waals surface area contributed by atoms with Crippen LogP contribution in [0.5, 0.6) is 5.75 Å². The van der Waals surface area contributed by atoms with E-state index >= 15 is 0 Å². The van der Waals surface area contributed by atoms with Crippen LogP contribution < -0.4 is 20.7 Å². The smallest absolute Gasteiger partial charge is 0.242 e. The highest BCUT2D eigenvalue weighted by atomic mass is 127. The van der Waals surface area contributed by atoms with Crippen LogP contribution in [0.2, 0.25) is 0 Å². The molecular formula is C20H35IN4O3. The number of hydrogen-bond donors (Lipinski definition) is 4. The Bertz CT molecular complexity index is 630. The molecular weight excluding hydrogens is 471 g/mol.